The Balaban J connectivity index is 1.96. The van der Waals surface area contributed by atoms with E-state index in [1.807, 2.05) is 0 Å². The van der Waals surface area contributed by atoms with Gasteiger partial charge in [0.2, 0.25) is 0 Å². The number of pyridine rings is 1. The molecular formula is C11H13N3O3S. The van der Waals surface area contributed by atoms with Gasteiger partial charge < -0.3 is 5.32 Å². The molecule has 18 heavy (non-hydrogen) atoms. The van der Waals surface area contributed by atoms with Gasteiger partial charge in [0, 0.05) is 12.2 Å². The lowest BCUT2D eigenvalue weighted by molar-refractivity contribution is 0.0864. The lowest BCUT2D eigenvalue weighted by Crippen LogP contribution is -2.40. The van der Waals surface area contributed by atoms with Gasteiger partial charge in [0.15, 0.2) is 5.03 Å². The van der Waals surface area contributed by atoms with E-state index in [1.165, 1.54) is 12.3 Å². The summed E-state index contributed by atoms with van der Waals surface area (Å²) in [4.78, 5) is 15.9. The molecule has 1 N–H and O–H groups in total. The van der Waals surface area contributed by atoms with E-state index >= 15 is 0 Å². The van der Waals surface area contributed by atoms with E-state index in [9.17, 15) is 13.2 Å². The van der Waals surface area contributed by atoms with Crippen LogP contribution in [0, 0.1) is 0 Å². The van der Waals surface area contributed by atoms with Gasteiger partial charge in [-0.2, -0.15) is 8.42 Å². The van der Waals surface area contributed by atoms with Crippen LogP contribution in [0.1, 0.15) is 23.2 Å². The molecule has 0 bridgehead atoms. The molecule has 1 aromatic heterocycles. The summed E-state index contributed by atoms with van der Waals surface area (Å²) in [5.41, 5.74) is 0.176. The molecule has 2 aliphatic heterocycles. The molecule has 0 radical (unpaired) electrons. The van der Waals surface area contributed by atoms with Gasteiger partial charge in [-0.25, -0.2) is 9.29 Å². The number of aromatic nitrogens is 1. The number of nitrogens with zero attached hydrogens (tertiary/aromatic N) is 2. The van der Waals surface area contributed by atoms with Gasteiger partial charge in [-0.3, -0.25) is 4.79 Å². The fraction of sp³-hybridized carbons (Fsp3) is 0.455. The van der Waals surface area contributed by atoms with Crippen molar-refractivity contribution in [1.82, 2.24) is 14.6 Å². The summed E-state index contributed by atoms with van der Waals surface area (Å²) in [7, 11) is -3.75. The molecule has 1 aromatic rings. The molecule has 3 rings (SSSR count). The standard InChI is InChI=1S/C11H13N3O3S/c15-11-9-4-2-6-13-10(9)18(16,17)14(11)7-8-3-1-5-12-8/h2,4,6,8,12H,1,3,5,7H2/t8-/m0/s1. The minimum Gasteiger partial charge on any atom is -0.312 e. The number of carbonyl (C=O) groups is 1. The second-order valence-electron chi connectivity index (χ2n) is 4.49. The van der Waals surface area contributed by atoms with Crippen molar-refractivity contribution in [2.24, 2.45) is 0 Å². The van der Waals surface area contributed by atoms with E-state index < -0.39 is 15.9 Å². The van der Waals surface area contributed by atoms with Crippen LogP contribution in [0.15, 0.2) is 23.4 Å². The minimum atomic E-state index is -3.75. The van der Waals surface area contributed by atoms with E-state index in [-0.39, 0.29) is 23.2 Å². The first kappa shape index (κ1) is 11.6. The topological polar surface area (TPSA) is 79.4 Å². The van der Waals surface area contributed by atoms with Gasteiger partial charge in [-0.05, 0) is 31.5 Å². The molecule has 0 spiro atoms. The summed E-state index contributed by atoms with van der Waals surface area (Å²) in [6, 6.07) is 3.13. The fourth-order valence-electron chi connectivity index (χ4n) is 2.40. The highest BCUT2D eigenvalue weighted by Gasteiger charge is 2.43. The molecule has 3 heterocycles. The van der Waals surface area contributed by atoms with Gasteiger partial charge in [0.05, 0.1) is 12.1 Å². The third kappa shape index (κ3) is 1.62. The second kappa shape index (κ2) is 4.03. The second-order valence-corrected chi connectivity index (χ2v) is 6.27. The largest absolute Gasteiger partial charge is 0.312 e. The third-order valence-corrected chi connectivity index (χ3v) is 5.02. The number of carbonyl (C=O) groups excluding carboxylic acids is 1. The molecule has 0 aliphatic carbocycles. The highest BCUT2D eigenvalue weighted by molar-refractivity contribution is 7.90. The van der Waals surface area contributed by atoms with E-state index in [2.05, 4.69) is 10.3 Å². The van der Waals surface area contributed by atoms with E-state index in [0.29, 0.717) is 0 Å². The number of nitrogens with one attached hydrogen (secondary N) is 1. The Labute approximate surface area is 105 Å². The smallest absolute Gasteiger partial charge is 0.285 e. The third-order valence-electron chi connectivity index (χ3n) is 3.31. The number of hydrogen-bond donors (Lipinski definition) is 1. The van der Waals surface area contributed by atoms with E-state index in [1.54, 1.807) is 6.07 Å². The fourth-order valence-corrected chi connectivity index (χ4v) is 3.93. The van der Waals surface area contributed by atoms with E-state index in [0.717, 1.165) is 23.7 Å². The van der Waals surface area contributed by atoms with Gasteiger partial charge in [0.25, 0.3) is 15.9 Å². The van der Waals surface area contributed by atoms with Gasteiger partial charge in [0.1, 0.15) is 0 Å². The number of rotatable bonds is 2. The molecule has 0 aromatic carbocycles. The van der Waals surface area contributed by atoms with Gasteiger partial charge in [-0.15, -0.1) is 0 Å². The van der Waals surface area contributed by atoms with Crippen LogP contribution in [0.3, 0.4) is 0 Å². The highest BCUT2D eigenvalue weighted by Crippen LogP contribution is 2.28. The van der Waals surface area contributed by atoms with Crippen molar-refractivity contribution in [3.05, 3.63) is 23.9 Å². The Bertz CT molecular complexity index is 593. The van der Waals surface area contributed by atoms with Crippen LogP contribution in [0.5, 0.6) is 0 Å². The minimum absolute atomic E-state index is 0.0537. The van der Waals surface area contributed by atoms with Crippen LogP contribution < -0.4 is 5.32 Å². The van der Waals surface area contributed by atoms with Crippen LogP contribution in [-0.2, 0) is 10.0 Å². The van der Waals surface area contributed by atoms with Crippen LogP contribution in [0.4, 0.5) is 0 Å². The molecule has 7 heteroatoms. The predicted octanol–water partition coefficient (Wildman–Crippen LogP) is -0.0219. The maximum absolute atomic E-state index is 12.2. The van der Waals surface area contributed by atoms with Crippen LogP contribution >= 0.6 is 0 Å². The van der Waals surface area contributed by atoms with E-state index in [4.69, 9.17) is 0 Å². The summed E-state index contributed by atoms with van der Waals surface area (Å²) in [5.74, 6) is -0.466. The Morgan fingerprint density at radius 3 is 3.00 bits per heavy atom. The molecule has 1 fully saturated rings. The maximum Gasteiger partial charge on any atom is 0.285 e. The van der Waals surface area contributed by atoms with Crippen molar-refractivity contribution in [1.29, 1.82) is 0 Å². The SMILES string of the molecule is O=C1c2cccnc2S(=O)(=O)N1C[C@@H]1CCCN1. The first-order chi connectivity index (χ1) is 8.60. The normalized spacial score (nSPS) is 25.4. The Kier molecular flexibility index (Phi) is 2.60. The zero-order valence-electron chi connectivity index (χ0n) is 9.67. The Morgan fingerprint density at radius 2 is 2.33 bits per heavy atom. The van der Waals surface area contributed by atoms with Crippen molar-refractivity contribution in [3.8, 4) is 0 Å². The number of fused-ring (bicyclic) bond motifs is 1. The summed E-state index contributed by atoms with van der Waals surface area (Å²) < 4.78 is 25.3. The van der Waals surface area contributed by atoms with Gasteiger partial charge >= 0.3 is 0 Å². The van der Waals surface area contributed by atoms with Crippen LogP contribution in [0.2, 0.25) is 0 Å². The van der Waals surface area contributed by atoms with Crippen molar-refractivity contribution < 1.29 is 13.2 Å². The molecule has 2 aliphatic rings. The van der Waals surface area contributed by atoms with Crippen LogP contribution in [0.25, 0.3) is 0 Å². The lowest BCUT2D eigenvalue weighted by Gasteiger charge is -2.19. The van der Waals surface area contributed by atoms with Crippen LogP contribution in [-0.4, -0.2) is 42.7 Å². The summed E-state index contributed by atoms with van der Waals surface area (Å²) in [6.07, 6.45) is 3.29. The molecule has 0 saturated carbocycles. The summed E-state index contributed by atoms with van der Waals surface area (Å²) in [6.45, 7) is 1.06. The maximum atomic E-state index is 12.2. The molecule has 1 saturated heterocycles. The van der Waals surface area contributed by atoms with Crippen molar-refractivity contribution in [2.75, 3.05) is 13.1 Å². The van der Waals surface area contributed by atoms with Crippen molar-refractivity contribution in [3.63, 3.8) is 0 Å². The summed E-state index contributed by atoms with van der Waals surface area (Å²) in [5, 5.41) is 3.07. The molecule has 1 atom stereocenters. The highest BCUT2D eigenvalue weighted by atomic mass is 32.2. The monoisotopic (exact) mass is 267 g/mol. The lowest BCUT2D eigenvalue weighted by atomic mass is 10.2. The molecule has 96 valence electrons. The average Bonchev–Trinajstić information content (AvgIpc) is 2.93. The Morgan fingerprint density at radius 1 is 1.50 bits per heavy atom. The number of hydrogen-bond acceptors (Lipinski definition) is 5. The number of amides is 1. The van der Waals surface area contributed by atoms with Crippen molar-refractivity contribution >= 4 is 15.9 Å². The quantitative estimate of drug-likeness (QED) is 0.814. The zero-order chi connectivity index (χ0) is 12.8. The predicted molar refractivity (Wildman–Crippen MR) is 63.5 cm³/mol. The zero-order valence-corrected chi connectivity index (χ0v) is 10.5. The first-order valence-corrected chi connectivity index (χ1v) is 7.30. The number of sulfonamides is 1. The molecular weight excluding hydrogens is 254 g/mol. The summed E-state index contributed by atoms with van der Waals surface area (Å²) >= 11 is 0. The first-order valence-electron chi connectivity index (χ1n) is 5.86. The molecule has 6 nitrogen and oxygen atoms in total. The molecule has 1 amide bonds. The Hall–Kier alpha value is -1.47. The van der Waals surface area contributed by atoms with Crippen molar-refractivity contribution in [2.45, 2.75) is 23.9 Å². The van der Waals surface area contributed by atoms with Gasteiger partial charge in [-0.1, -0.05) is 0 Å². The molecule has 0 unspecified atom stereocenters. The average molecular weight is 267 g/mol.